The van der Waals surface area contributed by atoms with Crippen LogP contribution in [0.3, 0.4) is 0 Å². The van der Waals surface area contributed by atoms with Crippen molar-refractivity contribution in [1.82, 2.24) is 20.4 Å². The molecule has 1 aliphatic rings. The Kier molecular flexibility index (Phi) is 4.95. The van der Waals surface area contributed by atoms with Crippen LogP contribution in [-0.2, 0) is 16.9 Å². The molecule has 1 atom stereocenters. The summed E-state index contributed by atoms with van der Waals surface area (Å²) in [5.74, 6) is 0.400. The van der Waals surface area contributed by atoms with E-state index in [0.717, 1.165) is 28.2 Å². The Balaban J connectivity index is 1.60. The van der Waals surface area contributed by atoms with E-state index < -0.39 is 11.6 Å². The molecule has 28 heavy (non-hydrogen) atoms. The van der Waals surface area contributed by atoms with Gasteiger partial charge >= 0.3 is 6.03 Å². The van der Waals surface area contributed by atoms with Crippen LogP contribution < -0.4 is 5.32 Å². The van der Waals surface area contributed by atoms with Gasteiger partial charge in [0.1, 0.15) is 12.1 Å². The Bertz CT molecular complexity index is 971. The number of hydrogen-bond donors (Lipinski definition) is 1. The number of benzene rings is 1. The third kappa shape index (κ3) is 3.20. The van der Waals surface area contributed by atoms with Crippen LogP contribution in [0.15, 0.2) is 52.4 Å². The van der Waals surface area contributed by atoms with Gasteiger partial charge in [-0.25, -0.2) is 4.79 Å². The molecule has 0 aliphatic carbocycles. The molecule has 1 aliphatic heterocycles. The number of carbonyl (C=O) groups excluding carboxylic acids is 2. The second kappa shape index (κ2) is 7.55. The molecule has 4 rings (SSSR count). The fourth-order valence-corrected chi connectivity index (χ4v) is 4.05. The van der Waals surface area contributed by atoms with Gasteiger partial charge in [-0.2, -0.15) is 4.98 Å². The first-order chi connectivity index (χ1) is 13.6. The topological polar surface area (TPSA) is 88.3 Å². The van der Waals surface area contributed by atoms with Crippen LogP contribution >= 0.6 is 11.3 Å². The normalized spacial score (nSPS) is 19.2. The summed E-state index contributed by atoms with van der Waals surface area (Å²) in [5, 5.41) is 8.79. The van der Waals surface area contributed by atoms with E-state index in [0.29, 0.717) is 12.2 Å². The molecule has 2 aromatic heterocycles. The standard InChI is InChI=1S/C20H20N4O3S/c1-2-3-11-20(14-8-5-4-6-9-14)18(25)24(19(26)22-20)13-16-21-17(23-27-16)15-10-7-12-28-15/h4-10,12H,2-3,11,13H2,1H3,(H,22,26). The van der Waals surface area contributed by atoms with Crippen LogP contribution in [0.1, 0.15) is 37.6 Å². The van der Waals surface area contributed by atoms with Crippen molar-refractivity contribution < 1.29 is 14.1 Å². The van der Waals surface area contributed by atoms with Gasteiger partial charge in [0.25, 0.3) is 5.91 Å². The summed E-state index contributed by atoms with van der Waals surface area (Å²) in [6, 6.07) is 12.7. The van der Waals surface area contributed by atoms with Gasteiger partial charge in [0.2, 0.25) is 11.7 Å². The first-order valence-corrected chi connectivity index (χ1v) is 10.1. The molecule has 0 spiro atoms. The number of imide groups is 1. The number of nitrogens with zero attached hydrogens (tertiary/aromatic N) is 3. The first-order valence-electron chi connectivity index (χ1n) is 9.20. The molecular weight excluding hydrogens is 376 g/mol. The molecule has 0 saturated carbocycles. The zero-order valence-corrected chi connectivity index (χ0v) is 16.2. The van der Waals surface area contributed by atoms with Crippen LogP contribution in [0.4, 0.5) is 4.79 Å². The molecule has 8 heteroatoms. The average molecular weight is 396 g/mol. The minimum Gasteiger partial charge on any atom is -0.337 e. The molecule has 3 heterocycles. The van der Waals surface area contributed by atoms with E-state index in [1.807, 2.05) is 47.8 Å². The maximum Gasteiger partial charge on any atom is 0.325 e. The number of thiophene rings is 1. The SMILES string of the molecule is CCCCC1(c2ccccc2)NC(=O)N(Cc2nc(-c3cccs3)no2)C1=O. The monoisotopic (exact) mass is 396 g/mol. The minimum atomic E-state index is -1.05. The first kappa shape index (κ1) is 18.4. The molecule has 3 aromatic rings. The molecule has 1 fully saturated rings. The summed E-state index contributed by atoms with van der Waals surface area (Å²) < 4.78 is 5.27. The second-order valence-corrected chi connectivity index (χ2v) is 7.63. The Morgan fingerprint density at radius 1 is 1.18 bits per heavy atom. The third-order valence-electron chi connectivity index (χ3n) is 4.85. The second-order valence-electron chi connectivity index (χ2n) is 6.69. The lowest BCUT2D eigenvalue weighted by Gasteiger charge is -2.27. The third-order valence-corrected chi connectivity index (χ3v) is 5.72. The summed E-state index contributed by atoms with van der Waals surface area (Å²) in [5.41, 5.74) is -0.264. The molecule has 1 N–H and O–H groups in total. The maximum absolute atomic E-state index is 13.3. The van der Waals surface area contributed by atoms with Gasteiger partial charge in [-0.1, -0.05) is 61.3 Å². The number of hydrogen-bond acceptors (Lipinski definition) is 6. The molecule has 3 amide bonds. The Morgan fingerprint density at radius 2 is 2.00 bits per heavy atom. The molecule has 0 bridgehead atoms. The van der Waals surface area contributed by atoms with Gasteiger partial charge in [0.15, 0.2) is 0 Å². The van der Waals surface area contributed by atoms with Gasteiger partial charge < -0.3 is 9.84 Å². The molecule has 1 unspecified atom stereocenters. The van der Waals surface area contributed by atoms with Gasteiger partial charge in [-0.05, 0) is 23.4 Å². The lowest BCUT2D eigenvalue weighted by atomic mass is 9.85. The molecule has 1 aromatic carbocycles. The molecule has 1 saturated heterocycles. The van der Waals surface area contributed by atoms with Crippen molar-refractivity contribution in [2.45, 2.75) is 38.3 Å². The van der Waals surface area contributed by atoms with Crippen molar-refractivity contribution in [2.75, 3.05) is 0 Å². The number of amides is 3. The van der Waals surface area contributed by atoms with E-state index in [1.165, 1.54) is 11.3 Å². The fraction of sp³-hybridized carbons (Fsp3) is 0.300. The summed E-state index contributed by atoms with van der Waals surface area (Å²) in [7, 11) is 0. The molecule has 7 nitrogen and oxygen atoms in total. The van der Waals surface area contributed by atoms with E-state index in [1.54, 1.807) is 0 Å². The van der Waals surface area contributed by atoms with Gasteiger partial charge in [0.05, 0.1) is 4.88 Å². The minimum absolute atomic E-state index is 0.0518. The number of aromatic nitrogens is 2. The highest BCUT2D eigenvalue weighted by atomic mass is 32.1. The van der Waals surface area contributed by atoms with Crippen molar-refractivity contribution in [3.8, 4) is 10.7 Å². The highest BCUT2D eigenvalue weighted by Gasteiger charge is 2.52. The van der Waals surface area contributed by atoms with Crippen LogP contribution in [0.2, 0.25) is 0 Å². The van der Waals surface area contributed by atoms with E-state index in [-0.39, 0.29) is 18.3 Å². The van der Waals surface area contributed by atoms with Crippen molar-refractivity contribution in [3.63, 3.8) is 0 Å². The van der Waals surface area contributed by atoms with E-state index >= 15 is 0 Å². The van der Waals surface area contributed by atoms with E-state index in [4.69, 9.17) is 4.52 Å². The average Bonchev–Trinajstić information content (AvgIpc) is 3.44. The van der Waals surface area contributed by atoms with Crippen molar-refractivity contribution in [3.05, 3.63) is 59.3 Å². The van der Waals surface area contributed by atoms with Crippen LogP contribution in [0.5, 0.6) is 0 Å². The number of carbonyl (C=O) groups is 2. The summed E-state index contributed by atoms with van der Waals surface area (Å²) in [6.07, 6.45) is 2.28. The number of nitrogens with one attached hydrogen (secondary N) is 1. The summed E-state index contributed by atoms with van der Waals surface area (Å²) in [4.78, 5) is 32.4. The maximum atomic E-state index is 13.3. The Morgan fingerprint density at radius 3 is 2.71 bits per heavy atom. The molecular formula is C20H20N4O3S. The van der Waals surface area contributed by atoms with Crippen LogP contribution in [0.25, 0.3) is 10.7 Å². The highest BCUT2D eigenvalue weighted by Crippen LogP contribution is 2.35. The quantitative estimate of drug-likeness (QED) is 0.611. The largest absolute Gasteiger partial charge is 0.337 e. The summed E-state index contributed by atoms with van der Waals surface area (Å²) >= 11 is 1.49. The Hall–Kier alpha value is -3.00. The number of unbranched alkanes of at least 4 members (excludes halogenated alkanes) is 1. The predicted octanol–water partition coefficient (Wildman–Crippen LogP) is 3.94. The van der Waals surface area contributed by atoms with Gasteiger partial charge in [0, 0.05) is 0 Å². The van der Waals surface area contributed by atoms with E-state index in [2.05, 4.69) is 22.4 Å². The van der Waals surface area contributed by atoms with Crippen LogP contribution in [-0.4, -0.2) is 27.0 Å². The zero-order valence-electron chi connectivity index (χ0n) is 15.4. The smallest absolute Gasteiger partial charge is 0.325 e. The van der Waals surface area contributed by atoms with E-state index in [9.17, 15) is 9.59 Å². The van der Waals surface area contributed by atoms with Crippen molar-refractivity contribution >= 4 is 23.3 Å². The Labute approximate surface area is 166 Å². The number of rotatable bonds is 7. The highest BCUT2D eigenvalue weighted by molar-refractivity contribution is 7.13. The predicted molar refractivity (Wildman–Crippen MR) is 104 cm³/mol. The van der Waals surface area contributed by atoms with Crippen molar-refractivity contribution in [2.24, 2.45) is 0 Å². The number of urea groups is 1. The lowest BCUT2D eigenvalue weighted by Crippen LogP contribution is -2.44. The van der Waals surface area contributed by atoms with Gasteiger partial charge in [-0.3, -0.25) is 9.69 Å². The van der Waals surface area contributed by atoms with Crippen LogP contribution in [0, 0.1) is 0 Å². The van der Waals surface area contributed by atoms with Crippen molar-refractivity contribution in [1.29, 1.82) is 0 Å². The fourth-order valence-electron chi connectivity index (χ4n) is 3.40. The zero-order chi connectivity index (χ0) is 19.6. The lowest BCUT2D eigenvalue weighted by molar-refractivity contribution is -0.132. The van der Waals surface area contributed by atoms with Gasteiger partial charge in [-0.15, -0.1) is 11.3 Å². The summed E-state index contributed by atoms with van der Waals surface area (Å²) in [6.45, 7) is 2.01. The molecule has 0 radical (unpaired) electrons. The molecule has 144 valence electrons.